The molecule has 2 fully saturated rings. The molecule has 9 heteroatoms. The number of nitrogens with one attached hydrogen (secondary N) is 2. The SMILES string of the molecule is O=C(O)CC[C@@H]1N[C@@]2(C(=O)Nc3c(Cl)cccc32)[C@@H]2C(=O)N(CCc3ccccc3)C(=O)[C@H]12. The van der Waals surface area contributed by atoms with Crippen LogP contribution in [-0.4, -0.2) is 46.3 Å². The van der Waals surface area contributed by atoms with Crippen LogP contribution in [0.15, 0.2) is 48.5 Å². The van der Waals surface area contributed by atoms with Crippen molar-refractivity contribution in [3.8, 4) is 0 Å². The molecule has 8 nitrogen and oxygen atoms in total. The Bertz CT molecular complexity index is 1170. The first-order valence-corrected chi connectivity index (χ1v) is 11.2. The second-order valence-corrected chi connectivity index (χ2v) is 9.08. The van der Waals surface area contributed by atoms with Gasteiger partial charge < -0.3 is 10.4 Å². The fourth-order valence-electron chi connectivity index (χ4n) is 5.49. The minimum Gasteiger partial charge on any atom is -0.481 e. The number of halogens is 1. The number of para-hydroxylation sites is 1. The molecule has 2 aromatic rings. The summed E-state index contributed by atoms with van der Waals surface area (Å²) in [4.78, 5) is 52.9. The molecule has 0 aromatic heterocycles. The van der Waals surface area contributed by atoms with E-state index in [4.69, 9.17) is 11.6 Å². The van der Waals surface area contributed by atoms with E-state index in [2.05, 4.69) is 10.6 Å². The van der Waals surface area contributed by atoms with Crippen LogP contribution >= 0.6 is 11.6 Å². The van der Waals surface area contributed by atoms with Crippen LogP contribution in [0.1, 0.15) is 24.0 Å². The third-order valence-corrected chi connectivity index (χ3v) is 7.24. The number of carboxylic acids is 1. The average Bonchev–Trinajstić information content (AvgIpc) is 3.38. The molecule has 33 heavy (non-hydrogen) atoms. The quantitative estimate of drug-likeness (QED) is 0.561. The van der Waals surface area contributed by atoms with Gasteiger partial charge in [0, 0.05) is 24.6 Å². The van der Waals surface area contributed by atoms with Crippen LogP contribution in [0.25, 0.3) is 0 Å². The molecule has 0 saturated carbocycles. The van der Waals surface area contributed by atoms with E-state index in [0.717, 1.165) is 5.56 Å². The van der Waals surface area contributed by atoms with Crippen LogP contribution in [0.2, 0.25) is 5.02 Å². The molecule has 0 aliphatic carbocycles. The number of carbonyl (C=O) groups is 4. The van der Waals surface area contributed by atoms with Crippen LogP contribution in [-0.2, 0) is 31.1 Å². The smallest absolute Gasteiger partial charge is 0.303 e. The second-order valence-electron chi connectivity index (χ2n) is 8.67. The number of aliphatic carboxylic acids is 1. The minimum absolute atomic E-state index is 0.118. The number of carboxylic acid groups (broad SMARTS) is 1. The van der Waals surface area contributed by atoms with Gasteiger partial charge in [-0.05, 0) is 24.5 Å². The molecule has 2 saturated heterocycles. The number of amides is 3. The maximum absolute atomic E-state index is 13.6. The number of anilines is 1. The van der Waals surface area contributed by atoms with Crippen molar-refractivity contribution in [1.29, 1.82) is 0 Å². The highest BCUT2D eigenvalue weighted by atomic mass is 35.5. The van der Waals surface area contributed by atoms with E-state index in [1.165, 1.54) is 4.90 Å². The van der Waals surface area contributed by atoms with Gasteiger partial charge in [-0.15, -0.1) is 0 Å². The first-order valence-electron chi connectivity index (χ1n) is 10.8. The molecular weight excluding hydrogens is 446 g/mol. The first kappa shape index (κ1) is 21.6. The molecular formula is C24H22ClN3O5. The molecule has 3 amide bonds. The number of likely N-dealkylation sites (tertiary alicyclic amines) is 1. The van der Waals surface area contributed by atoms with Crippen molar-refractivity contribution in [2.75, 3.05) is 11.9 Å². The summed E-state index contributed by atoms with van der Waals surface area (Å²) in [5.41, 5.74) is 0.444. The lowest BCUT2D eigenvalue weighted by Gasteiger charge is -2.29. The Hall–Kier alpha value is -3.23. The van der Waals surface area contributed by atoms with Gasteiger partial charge in [0.25, 0.3) is 0 Å². The number of hydrogen-bond acceptors (Lipinski definition) is 5. The van der Waals surface area contributed by atoms with E-state index in [9.17, 15) is 24.3 Å². The lowest BCUT2D eigenvalue weighted by molar-refractivity contribution is -0.143. The summed E-state index contributed by atoms with van der Waals surface area (Å²) in [6.07, 6.45) is 0.423. The Morgan fingerprint density at radius 1 is 1.06 bits per heavy atom. The molecule has 170 valence electrons. The molecule has 2 aromatic carbocycles. The topological polar surface area (TPSA) is 116 Å². The Labute approximate surface area is 194 Å². The maximum Gasteiger partial charge on any atom is 0.303 e. The van der Waals surface area contributed by atoms with E-state index >= 15 is 0 Å². The monoisotopic (exact) mass is 467 g/mol. The maximum atomic E-state index is 13.6. The number of rotatable bonds is 6. The molecule has 5 rings (SSSR count). The first-order chi connectivity index (χ1) is 15.8. The summed E-state index contributed by atoms with van der Waals surface area (Å²) in [6, 6.07) is 13.9. The van der Waals surface area contributed by atoms with Crippen molar-refractivity contribution < 1.29 is 24.3 Å². The molecule has 3 heterocycles. The summed E-state index contributed by atoms with van der Waals surface area (Å²) in [6.45, 7) is 0.195. The van der Waals surface area contributed by atoms with Gasteiger partial charge in [0.05, 0.1) is 22.5 Å². The number of benzene rings is 2. The van der Waals surface area contributed by atoms with Gasteiger partial charge in [-0.3, -0.25) is 29.4 Å². The largest absolute Gasteiger partial charge is 0.481 e. The Morgan fingerprint density at radius 2 is 1.82 bits per heavy atom. The van der Waals surface area contributed by atoms with Gasteiger partial charge in [0.1, 0.15) is 5.54 Å². The Balaban J connectivity index is 1.53. The van der Waals surface area contributed by atoms with E-state index < -0.39 is 41.2 Å². The van der Waals surface area contributed by atoms with Crippen molar-refractivity contribution in [1.82, 2.24) is 10.2 Å². The number of nitrogens with zero attached hydrogens (tertiary/aromatic N) is 1. The lowest BCUT2D eigenvalue weighted by atomic mass is 9.76. The lowest BCUT2D eigenvalue weighted by Crippen LogP contribution is -2.53. The van der Waals surface area contributed by atoms with Gasteiger partial charge in [-0.2, -0.15) is 0 Å². The van der Waals surface area contributed by atoms with Crippen LogP contribution in [0.3, 0.4) is 0 Å². The number of hydrogen-bond donors (Lipinski definition) is 3. The molecule has 1 spiro atoms. The van der Waals surface area contributed by atoms with Gasteiger partial charge in [-0.1, -0.05) is 54.1 Å². The summed E-state index contributed by atoms with van der Waals surface area (Å²) in [5, 5.41) is 15.5. The highest BCUT2D eigenvalue weighted by Gasteiger charge is 2.70. The third-order valence-electron chi connectivity index (χ3n) is 6.93. The normalized spacial score (nSPS) is 27.7. The standard InChI is InChI=1S/C24H22ClN3O5/c25-15-8-4-7-14-20(15)26-23(33)24(14)19-18(16(27-24)9-10-17(29)30)21(31)28(22(19)32)12-11-13-5-2-1-3-6-13/h1-8,16,18-19,27H,9-12H2,(H,26,33)(H,29,30)/t16-,18+,19-,24+/m0/s1. The second kappa shape index (κ2) is 7.97. The molecule has 0 radical (unpaired) electrons. The average molecular weight is 468 g/mol. The zero-order valence-electron chi connectivity index (χ0n) is 17.6. The van der Waals surface area contributed by atoms with Crippen LogP contribution in [0, 0.1) is 11.8 Å². The summed E-state index contributed by atoms with van der Waals surface area (Å²) in [7, 11) is 0. The number of carbonyl (C=O) groups excluding carboxylic acids is 3. The highest BCUT2D eigenvalue weighted by molar-refractivity contribution is 6.35. The van der Waals surface area contributed by atoms with Gasteiger partial charge in [-0.25, -0.2) is 0 Å². The van der Waals surface area contributed by atoms with Crippen molar-refractivity contribution >= 4 is 41.0 Å². The van der Waals surface area contributed by atoms with Crippen LogP contribution in [0.5, 0.6) is 0 Å². The molecule has 3 N–H and O–H groups in total. The van der Waals surface area contributed by atoms with E-state index in [1.54, 1.807) is 18.2 Å². The molecule has 4 atom stereocenters. The van der Waals surface area contributed by atoms with Crippen molar-refractivity contribution in [2.45, 2.75) is 30.8 Å². The highest BCUT2D eigenvalue weighted by Crippen LogP contribution is 2.54. The predicted octanol–water partition coefficient (Wildman–Crippen LogP) is 2.17. The Kier molecular flexibility index (Phi) is 5.22. The van der Waals surface area contributed by atoms with Crippen LogP contribution in [0.4, 0.5) is 5.69 Å². The third kappa shape index (κ3) is 3.24. The molecule has 0 bridgehead atoms. The van der Waals surface area contributed by atoms with Crippen molar-refractivity contribution in [3.05, 3.63) is 64.7 Å². The predicted molar refractivity (Wildman–Crippen MR) is 119 cm³/mol. The van der Waals surface area contributed by atoms with Crippen LogP contribution < -0.4 is 10.6 Å². The molecule has 0 unspecified atom stereocenters. The molecule has 3 aliphatic heterocycles. The fraction of sp³-hybridized carbons (Fsp3) is 0.333. The number of fused-ring (bicyclic) bond motifs is 4. The van der Waals surface area contributed by atoms with Gasteiger partial charge in [0.15, 0.2) is 0 Å². The Morgan fingerprint density at radius 3 is 2.55 bits per heavy atom. The van der Waals surface area contributed by atoms with Crippen molar-refractivity contribution in [2.24, 2.45) is 11.8 Å². The molecule has 3 aliphatic rings. The minimum atomic E-state index is -1.47. The van der Waals surface area contributed by atoms with E-state index in [0.29, 0.717) is 22.7 Å². The zero-order valence-corrected chi connectivity index (χ0v) is 18.3. The summed E-state index contributed by atoms with van der Waals surface area (Å²) >= 11 is 6.31. The van der Waals surface area contributed by atoms with Gasteiger partial charge in [0.2, 0.25) is 17.7 Å². The van der Waals surface area contributed by atoms with E-state index in [-0.39, 0.29) is 25.3 Å². The summed E-state index contributed by atoms with van der Waals surface area (Å²) < 4.78 is 0. The summed E-state index contributed by atoms with van der Waals surface area (Å²) in [5.74, 6) is -4.06. The van der Waals surface area contributed by atoms with Crippen molar-refractivity contribution in [3.63, 3.8) is 0 Å². The number of imide groups is 1. The van der Waals surface area contributed by atoms with E-state index in [1.807, 2.05) is 30.3 Å². The fourth-order valence-corrected chi connectivity index (χ4v) is 5.71. The zero-order chi connectivity index (χ0) is 23.3. The van der Waals surface area contributed by atoms with Gasteiger partial charge >= 0.3 is 5.97 Å².